The predicted octanol–water partition coefficient (Wildman–Crippen LogP) is 3.34. The number of carbonyl (C=O) groups excluding carboxylic acids is 2. The molecule has 2 aromatic rings. The number of benzene rings is 1. The number of methoxy groups -OCH3 is 2. The Kier molecular flexibility index (Phi) is 6.98. The van der Waals surface area contributed by atoms with Crippen LogP contribution in [0.3, 0.4) is 0 Å². The van der Waals surface area contributed by atoms with Gasteiger partial charge >= 0.3 is 5.97 Å². The molecule has 1 aromatic heterocycles. The zero-order chi connectivity index (χ0) is 20.8. The molecule has 7 nitrogen and oxygen atoms in total. The highest BCUT2D eigenvalue weighted by Gasteiger charge is 2.32. The fourth-order valence-electron chi connectivity index (χ4n) is 3.49. The van der Waals surface area contributed by atoms with Gasteiger partial charge < -0.3 is 19.1 Å². The molecule has 2 heterocycles. The molecule has 1 aliphatic rings. The Morgan fingerprint density at radius 2 is 2.07 bits per heavy atom. The Morgan fingerprint density at radius 3 is 2.79 bits per heavy atom. The summed E-state index contributed by atoms with van der Waals surface area (Å²) in [6.07, 6.45) is 5.12. The van der Waals surface area contributed by atoms with E-state index < -0.39 is 5.97 Å². The van der Waals surface area contributed by atoms with Crippen molar-refractivity contribution in [1.29, 1.82) is 0 Å². The Balaban J connectivity index is 1.71. The van der Waals surface area contributed by atoms with Gasteiger partial charge in [0.25, 0.3) is 5.91 Å². The Hall–Kier alpha value is -2.74. The fourth-order valence-corrected chi connectivity index (χ4v) is 4.02. The minimum absolute atomic E-state index is 0.147. The molecule has 1 atom stereocenters. The largest absolute Gasteiger partial charge is 0.497 e. The number of pyridine rings is 1. The van der Waals surface area contributed by atoms with Gasteiger partial charge in [0.2, 0.25) is 0 Å². The molecule has 0 bridgehead atoms. The summed E-state index contributed by atoms with van der Waals surface area (Å²) in [7, 11) is 3.20. The van der Waals surface area contributed by atoms with Crippen LogP contribution in [0.25, 0.3) is 0 Å². The molecule has 1 saturated heterocycles. The SMILES string of the molecule is COc1ccc(OC)c([C@@H]2CCCN2C(=O)COC(=O)c2cccnc2SC)c1. The summed E-state index contributed by atoms with van der Waals surface area (Å²) in [5.41, 5.74) is 1.25. The summed E-state index contributed by atoms with van der Waals surface area (Å²) >= 11 is 1.36. The average Bonchev–Trinajstić information content (AvgIpc) is 3.26. The van der Waals surface area contributed by atoms with Gasteiger partial charge in [-0.3, -0.25) is 4.79 Å². The first kappa shape index (κ1) is 21.0. The standard InChI is InChI=1S/C21H24N2O5S/c1-26-14-8-9-18(27-2)16(12-14)17-7-5-11-23(17)19(24)13-28-21(25)15-6-4-10-22-20(15)29-3/h4,6,8-10,12,17H,5,7,11,13H2,1-3H3/t17-/m0/s1. The lowest BCUT2D eigenvalue weighted by Gasteiger charge is -2.26. The number of amides is 1. The minimum atomic E-state index is -0.550. The highest BCUT2D eigenvalue weighted by Crippen LogP contribution is 2.38. The Bertz CT molecular complexity index is 889. The van der Waals surface area contributed by atoms with Crippen molar-refractivity contribution in [2.75, 3.05) is 33.6 Å². The first-order valence-electron chi connectivity index (χ1n) is 9.26. The lowest BCUT2D eigenvalue weighted by molar-refractivity contribution is -0.135. The molecule has 154 valence electrons. The maximum Gasteiger partial charge on any atom is 0.341 e. The normalized spacial score (nSPS) is 15.8. The lowest BCUT2D eigenvalue weighted by Crippen LogP contribution is -2.34. The molecule has 0 unspecified atom stereocenters. The van der Waals surface area contributed by atoms with Crippen molar-refractivity contribution < 1.29 is 23.8 Å². The lowest BCUT2D eigenvalue weighted by atomic mass is 10.0. The number of hydrogen-bond acceptors (Lipinski definition) is 7. The Labute approximate surface area is 174 Å². The summed E-state index contributed by atoms with van der Waals surface area (Å²) in [5.74, 6) is 0.617. The fraction of sp³-hybridized carbons (Fsp3) is 0.381. The topological polar surface area (TPSA) is 78.0 Å². The van der Waals surface area contributed by atoms with Crippen molar-refractivity contribution in [3.8, 4) is 11.5 Å². The second-order valence-electron chi connectivity index (χ2n) is 6.49. The van der Waals surface area contributed by atoms with Crippen LogP contribution in [0.4, 0.5) is 0 Å². The molecular formula is C21H24N2O5S. The van der Waals surface area contributed by atoms with Crippen molar-refractivity contribution in [3.05, 3.63) is 47.7 Å². The first-order chi connectivity index (χ1) is 14.1. The average molecular weight is 416 g/mol. The third kappa shape index (κ3) is 4.64. The molecule has 3 rings (SSSR count). The van der Waals surface area contributed by atoms with E-state index in [4.69, 9.17) is 14.2 Å². The van der Waals surface area contributed by atoms with E-state index in [0.29, 0.717) is 28.6 Å². The van der Waals surface area contributed by atoms with Crippen LogP contribution in [-0.2, 0) is 9.53 Å². The number of aromatic nitrogens is 1. The minimum Gasteiger partial charge on any atom is -0.497 e. The number of hydrogen-bond donors (Lipinski definition) is 0. The second-order valence-corrected chi connectivity index (χ2v) is 7.28. The van der Waals surface area contributed by atoms with Crippen molar-refractivity contribution in [2.24, 2.45) is 0 Å². The number of carbonyl (C=O) groups is 2. The maximum absolute atomic E-state index is 12.8. The quantitative estimate of drug-likeness (QED) is 0.506. The van der Waals surface area contributed by atoms with Gasteiger partial charge in [-0.05, 0) is 49.4 Å². The number of rotatable bonds is 7. The van der Waals surface area contributed by atoms with Crippen LogP contribution in [-0.4, -0.2) is 55.4 Å². The van der Waals surface area contributed by atoms with Crippen molar-refractivity contribution >= 4 is 23.6 Å². The van der Waals surface area contributed by atoms with E-state index in [1.807, 2.05) is 24.5 Å². The number of esters is 1. The summed E-state index contributed by atoms with van der Waals surface area (Å²) in [5, 5.41) is 0.574. The predicted molar refractivity (Wildman–Crippen MR) is 110 cm³/mol. The number of ether oxygens (including phenoxy) is 3. The van der Waals surface area contributed by atoms with Crippen molar-refractivity contribution in [1.82, 2.24) is 9.88 Å². The monoisotopic (exact) mass is 416 g/mol. The van der Waals surface area contributed by atoms with Gasteiger partial charge in [0, 0.05) is 18.3 Å². The highest BCUT2D eigenvalue weighted by atomic mass is 32.2. The zero-order valence-electron chi connectivity index (χ0n) is 16.7. The Morgan fingerprint density at radius 1 is 1.24 bits per heavy atom. The highest BCUT2D eigenvalue weighted by molar-refractivity contribution is 7.98. The number of nitrogens with zero attached hydrogens (tertiary/aromatic N) is 2. The molecule has 1 amide bonds. The van der Waals surface area contributed by atoms with Crippen LogP contribution in [0.1, 0.15) is 34.8 Å². The molecule has 1 fully saturated rings. The van der Waals surface area contributed by atoms with Crippen molar-refractivity contribution in [2.45, 2.75) is 23.9 Å². The summed E-state index contributed by atoms with van der Waals surface area (Å²) < 4.78 is 16.1. The zero-order valence-corrected chi connectivity index (χ0v) is 17.5. The number of likely N-dealkylation sites (tertiary alicyclic amines) is 1. The molecule has 1 aliphatic heterocycles. The van der Waals surface area contributed by atoms with E-state index in [0.717, 1.165) is 18.4 Å². The van der Waals surface area contributed by atoms with E-state index >= 15 is 0 Å². The van der Waals surface area contributed by atoms with Gasteiger partial charge in [-0.1, -0.05) is 0 Å². The third-order valence-corrected chi connectivity index (χ3v) is 5.59. The van der Waals surface area contributed by atoms with Gasteiger partial charge in [0.05, 0.1) is 25.8 Å². The van der Waals surface area contributed by atoms with Gasteiger partial charge in [-0.2, -0.15) is 0 Å². The first-order valence-corrected chi connectivity index (χ1v) is 10.5. The molecule has 1 aromatic carbocycles. The molecule has 0 aliphatic carbocycles. The summed E-state index contributed by atoms with van der Waals surface area (Å²) in [6, 6.07) is 8.71. The van der Waals surface area contributed by atoms with E-state index in [1.54, 1.807) is 37.4 Å². The molecule has 0 saturated carbocycles. The van der Waals surface area contributed by atoms with Gasteiger partial charge in [0.1, 0.15) is 16.5 Å². The van der Waals surface area contributed by atoms with E-state index in [2.05, 4.69) is 4.98 Å². The van der Waals surface area contributed by atoms with Gasteiger partial charge in [-0.15, -0.1) is 11.8 Å². The van der Waals surface area contributed by atoms with E-state index in [9.17, 15) is 9.59 Å². The van der Waals surface area contributed by atoms with Crippen LogP contribution < -0.4 is 9.47 Å². The van der Waals surface area contributed by atoms with E-state index in [-0.39, 0.29) is 18.6 Å². The smallest absolute Gasteiger partial charge is 0.341 e. The molecule has 0 spiro atoms. The number of thioether (sulfide) groups is 1. The molecule has 8 heteroatoms. The summed E-state index contributed by atoms with van der Waals surface area (Å²) in [6.45, 7) is 0.286. The second kappa shape index (κ2) is 9.65. The van der Waals surface area contributed by atoms with Crippen LogP contribution in [0, 0.1) is 0 Å². The molecular weight excluding hydrogens is 392 g/mol. The van der Waals surface area contributed by atoms with Crippen LogP contribution in [0.2, 0.25) is 0 Å². The van der Waals surface area contributed by atoms with Gasteiger partial charge in [-0.25, -0.2) is 9.78 Å². The molecule has 0 radical (unpaired) electrons. The molecule has 29 heavy (non-hydrogen) atoms. The maximum atomic E-state index is 12.8. The van der Waals surface area contributed by atoms with Crippen LogP contribution >= 0.6 is 11.8 Å². The molecule has 0 N–H and O–H groups in total. The van der Waals surface area contributed by atoms with Crippen molar-refractivity contribution in [3.63, 3.8) is 0 Å². The van der Waals surface area contributed by atoms with Crippen LogP contribution in [0.15, 0.2) is 41.6 Å². The van der Waals surface area contributed by atoms with E-state index in [1.165, 1.54) is 11.8 Å². The third-order valence-electron chi connectivity index (χ3n) is 4.88. The van der Waals surface area contributed by atoms with Gasteiger partial charge in [0.15, 0.2) is 6.61 Å². The van der Waals surface area contributed by atoms with Crippen LogP contribution in [0.5, 0.6) is 11.5 Å². The summed E-state index contributed by atoms with van der Waals surface area (Å²) in [4.78, 5) is 31.1.